The van der Waals surface area contributed by atoms with Crippen LogP contribution in [-0.4, -0.2) is 24.5 Å². The fourth-order valence-electron chi connectivity index (χ4n) is 3.05. The van der Waals surface area contributed by atoms with Crippen molar-refractivity contribution < 1.29 is 14.3 Å². The number of carbonyl (C=O) groups excluding carboxylic acids is 2. The van der Waals surface area contributed by atoms with Gasteiger partial charge in [0.1, 0.15) is 5.75 Å². The Morgan fingerprint density at radius 2 is 1.50 bits per heavy atom. The third-order valence-corrected chi connectivity index (χ3v) is 4.66. The van der Waals surface area contributed by atoms with Gasteiger partial charge in [-0.25, -0.2) is 0 Å². The molecule has 2 amide bonds. The molecule has 5 nitrogen and oxygen atoms in total. The van der Waals surface area contributed by atoms with Gasteiger partial charge in [0.05, 0.1) is 11.3 Å². The topological polar surface area (TPSA) is 67.4 Å². The highest BCUT2D eigenvalue weighted by Gasteiger charge is 2.20. The molecule has 0 bridgehead atoms. The number of benzene rings is 3. The van der Waals surface area contributed by atoms with Crippen LogP contribution in [0.25, 0.3) is 0 Å². The van der Waals surface area contributed by atoms with E-state index in [-0.39, 0.29) is 11.8 Å². The minimum absolute atomic E-state index is 0.223. The zero-order valence-corrected chi connectivity index (χ0v) is 17.0. The van der Waals surface area contributed by atoms with E-state index in [0.29, 0.717) is 30.0 Å². The number of nitrogens with one attached hydrogen (secondary N) is 2. The molecule has 3 aromatic rings. The van der Waals surface area contributed by atoms with Crippen LogP contribution in [0.15, 0.2) is 84.9 Å². The van der Waals surface area contributed by atoms with Crippen LogP contribution in [0.3, 0.4) is 0 Å². The first kappa shape index (κ1) is 21.1. The van der Waals surface area contributed by atoms with E-state index < -0.39 is 6.10 Å². The summed E-state index contributed by atoms with van der Waals surface area (Å²) < 4.78 is 5.80. The molecule has 2 N–H and O–H groups in total. The van der Waals surface area contributed by atoms with Crippen molar-refractivity contribution in [2.75, 3.05) is 11.9 Å². The zero-order valence-electron chi connectivity index (χ0n) is 17.0. The van der Waals surface area contributed by atoms with E-state index >= 15 is 0 Å². The number of carbonyl (C=O) groups is 2. The molecule has 0 aliphatic heterocycles. The minimum atomic E-state index is -0.651. The Kier molecular flexibility index (Phi) is 7.61. The summed E-state index contributed by atoms with van der Waals surface area (Å²) >= 11 is 0. The third-order valence-electron chi connectivity index (χ3n) is 4.66. The van der Waals surface area contributed by atoms with Gasteiger partial charge in [-0.05, 0) is 42.7 Å². The summed E-state index contributed by atoms with van der Waals surface area (Å²) in [5.74, 6) is 0.121. The van der Waals surface area contributed by atoms with Gasteiger partial charge >= 0.3 is 0 Å². The Labute approximate surface area is 177 Å². The lowest BCUT2D eigenvalue weighted by molar-refractivity contribution is -0.122. The van der Waals surface area contributed by atoms with Crippen LogP contribution >= 0.6 is 0 Å². The van der Waals surface area contributed by atoms with Gasteiger partial charge in [-0.2, -0.15) is 0 Å². The van der Waals surface area contributed by atoms with E-state index in [2.05, 4.69) is 10.6 Å². The highest BCUT2D eigenvalue weighted by molar-refractivity contribution is 6.04. The highest BCUT2D eigenvalue weighted by Crippen LogP contribution is 2.18. The highest BCUT2D eigenvalue weighted by atomic mass is 16.5. The number of ether oxygens (including phenoxy) is 1. The fraction of sp³-hybridized carbons (Fsp3) is 0.200. The number of rotatable bonds is 9. The van der Waals surface area contributed by atoms with Gasteiger partial charge < -0.3 is 15.4 Å². The van der Waals surface area contributed by atoms with Gasteiger partial charge in [0.2, 0.25) is 0 Å². The lowest BCUT2D eigenvalue weighted by Crippen LogP contribution is -2.33. The molecule has 0 heterocycles. The van der Waals surface area contributed by atoms with Crippen LogP contribution in [0.4, 0.5) is 5.69 Å². The van der Waals surface area contributed by atoms with E-state index in [0.717, 1.165) is 12.0 Å². The minimum Gasteiger partial charge on any atom is -0.481 e. The lowest BCUT2D eigenvalue weighted by atomic mass is 10.1. The molecule has 0 fully saturated rings. The molecule has 0 aromatic heterocycles. The molecule has 0 spiro atoms. The summed E-state index contributed by atoms with van der Waals surface area (Å²) in [7, 11) is 0. The number of amides is 2. The standard InChI is InChI=1S/C25H26N2O3/c1-2-23(30-20-13-7-4-8-14-20)25(29)27-22-16-10-9-15-21(22)24(28)26-18-17-19-11-5-3-6-12-19/h3-16,23H,2,17-18H2,1H3,(H,26,28)(H,27,29)/t23-/m0/s1. The molecule has 0 saturated heterocycles. The first-order chi connectivity index (χ1) is 14.7. The summed E-state index contributed by atoms with van der Waals surface area (Å²) in [4.78, 5) is 25.4. The van der Waals surface area contributed by atoms with Crippen LogP contribution in [0, 0.1) is 0 Å². The molecule has 30 heavy (non-hydrogen) atoms. The van der Waals surface area contributed by atoms with Crippen LogP contribution < -0.4 is 15.4 Å². The monoisotopic (exact) mass is 402 g/mol. The fourth-order valence-corrected chi connectivity index (χ4v) is 3.05. The molecule has 0 unspecified atom stereocenters. The normalized spacial score (nSPS) is 11.4. The van der Waals surface area contributed by atoms with Crippen LogP contribution in [0.1, 0.15) is 29.3 Å². The van der Waals surface area contributed by atoms with Crippen molar-refractivity contribution in [2.24, 2.45) is 0 Å². The average molecular weight is 402 g/mol. The summed E-state index contributed by atoms with van der Waals surface area (Å²) in [5.41, 5.74) is 2.05. The SMILES string of the molecule is CC[C@H](Oc1ccccc1)C(=O)Nc1ccccc1C(=O)NCCc1ccccc1. The van der Waals surface area contributed by atoms with Gasteiger partial charge in [0.15, 0.2) is 6.10 Å². The summed E-state index contributed by atoms with van der Waals surface area (Å²) in [6, 6.07) is 26.2. The summed E-state index contributed by atoms with van der Waals surface area (Å²) in [5, 5.41) is 5.77. The molecule has 0 saturated carbocycles. The molecule has 3 rings (SSSR count). The van der Waals surface area contributed by atoms with Crippen molar-refractivity contribution in [2.45, 2.75) is 25.9 Å². The molecular weight excluding hydrogens is 376 g/mol. The molecule has 5 heteroatoms. The number of hydrogen-bond donors (Lipinski definition) is 2. The van der Waals surface area contributed by atoms with E-state index in [4.69, 9.17) is 4.74 Å². The maximum absolute atomic E-state index is 12.8. The van der Waals surface area contributed by atoms with Crippen molar-refractivity contribution >= 4 is 17.5 Å². The molecular formula is C25H26N2O3. The van der Waals surface area contributed by atoms with Gasteiger partial charge in [0.25, 0.3) is 11.8 Å². The van der Waals surface area contributed by atoms with Gasteiger partial charge in [0, 0.05) is 6.54 Å². The zero-order chi connectivity index (χ0) is 21.2. The third kappa shape index (κ3) is 5.95. The molecule has 0 aliphatic carbocycles. The molecule has 154 valence electrons. The van der Waals surface area contributed by atoms with E-state index in [1.54, 1.807) is 24.3 Å². The summed E-state index contributed by atoms with van der Waals surface area (Å²) in [6.07, 6.45) is 0.595. The van der Waals surface area contributed by atoms with Crippen molar-refractivity contribution in [3.8, 4) is 5.75 Å². The number of hydrogen-bond acceptors (Lipinski definition) is 3. The molecule has 1 atom stereocenters. The summed E-state index contributed by atoms with van der Waals surface area (Å²) in [6.45, 7) is 2.40. The lowest BCUT2D eigenvalue weighted by Gasteiger charge is -2.18. The molecule has 0 aliphatic rings. The van der Waals surface area contributed by atoms with Gasteiger partial charge in [-0.15, -0.1) is 0 Å². The average Bonchev–Trinajstić information content (AvgIpc) is 2.79. The molecule has 3 aromatic carbocycles. The number of para-hydroxylation sites is 2. The van der Waals surface area contributed by atoms with Crippen LogP contribution in [0.5, 0.6) is 5.75 Å². The van der Waals surface area contributed by atoms with Gasteiger partial charge in [-0.3, -0.25) is 9.59 Å². The quantitative estimate of drug-likeness (QED) is 0.555. The first-order valence-electron chi connectivity index (χ1n) is 10.1. The van der Waals surface area contributed by atoms with Crippen LogP contribution in [-0.2, 0) is 11.2 Å². The number of anilines is 1. The van der Waals surface area contributed by atoms with E-state index in [1.165, 1.54) is 0 Å². The Morgan fingerprint density at radius 3 is 2.20 bits per heavy atom. The van der Waals surface area contributed by atoms with Crippen LogP contribution in [0.2, 0.25) is 0 Å². The molecule has 0 radical (unpaired) electrons. The first-order valence-corrected chi connectivity index (χ1v) is 10.1. The van der Waals surface area contributed by atoms with Crippen molar-refractivity contribution in [3.05, 3.63) is 96.1 Å². The van der Waals surface area contributed by atoms with Crippen molar-refractivity contribution in [1.29, 1.82) is 0 Å². The predicted molar refractivity (Wildman–Crippen MR) is 119 cm³/mol. The second-order valence-electron chi connectivity index (χ2n) is 6.85. The maximum atomic E-state index is 12.8. The largest absolute Gasteiger partial charge is 0.481 e. The van der Waals surface area contributed by atoms with Crippen molar-refractivity contribution in [3.63, 3.8) is 0 Å². The smallest absolute Gasteiger partial charge is 0.265 e. The Hall–Kier alpha value is -3.60. The second kappa shape index (κ2) is 10.8. The van der Waals surface area contributed by atoms with E-state index in [1.807, 2.05) is 67.6 Å². The van der Waals surface area contributed by atoms with E-state index in [9.17, 15) is 9.59 Å². The Bertz CT molecular complexity index is 958. The van der Waals surface area contributed by atoms with Gasteiger partial charge in [-0.1, -0.05) is 67.6 Å². The Morgan fingerprint density at radius 1 is 0.867 bits per heavy atom. The predicted octanol–water partition coefficient (Wildman–Crippen LogP) is 4.46. The Balaban J connectivity index is 1.62. The maximum Gasteiger partial charge on any atom is 0.265 e. The second-order valence-corrected chi connectivity index (χ2v) is 6.85. The van der Waals surface area contributed by atoms with Crippen molar-refractivity contribution in [1.82, 2.24) is 5.32 Å².